The van der Waals surface area contributed by atoms with Gasteiger partial charge >= 0.3 is 0 Å². The number of H-pyrrole nitrogens is 1. The molecule has 0 bridgehead atoms. The summed E-state index contributed by atoms with van der Waals surface area (Å²) < 4.78 is 0. The van der Waals surface area contributed by atoms with E-state index in [1.54, 1.807) is 0 Å². The van der Waals surface area contributed by atoms with Gasteiger partial charge in [0.25, 0.3) is 0 Å². The Morgan fingerprint density at radius 3 is 2.61 bits per heavy atom. The Bertz CT molecular complexity index is 767. The van der Waals surface area contributed by atoms with Crippen LogP contribution in [0, 0.1) is 0 Å². The van der Waals surface area contributed by atoms with Gasteiger partial charge in [-0.25, -0.2) is 4.98 Å². The van der Waals surface area contributed by atoms with Crippen LogP contribution in [0.3, 0.4) is 0 Å². The Morgan fingerprint density at radius 1 is 1.00 bits per heavy atom. The maximum absolute atomic E-state index is 4.71. The standard InChI is InChI=1S/C19H22N4/c1-2-22-10-12-23(13-11-22)16-7-5-6-15(14-16)19-20-17-8-3-4-9-18(17)21-19/h3-9,14H,2,10-13H2,1H3,(H,20,21). The number of anilines is 1. The van der Waals surface area contributed by atoms with E-state index in [2.05, 4.69) is 52.0 Å². The molecule has 3 aromatic rings. The summed E-state index contributed by atoms with van der Waals surface area (Å²) in [5.74, 6) is 0.945. The molecular formula is C19H22N4. The second kappa shape index (κ2) is 6.05. The SMILES string of the molecule is CCN1CCN(c2cccc(-c3nc4ccccc4[nH]3)c2)CC1. The van der Waals surface area contributed by atoms with Crippen molar-refractivity contribution in [3.8, 4) is 11.4 Å². The lowest BCUT2D eigenvalue weighted by Gasteiger charge is -2.35. The number of aromatic nitrogens is 2. The van der Waals surface area contributed by atoms with Crippen LogP contribution < -0.4 is 4.90 Å². The molecule has 0 amide bonds. The van der Waals surface area contributed by atoms with Crippen molar-refractivity contribution in [2.45, 2.75) is 6.92 Å². The third-order valence-corrected chi connectivity index (χ3v) is 4.69. The molecule has 4 rings (SSSR count). The van der Waals surface area contributed by atoms with Gasteiger partial charge in [-0.3, -0.25) is 0 Å². The number of fused-ring (bicyclic) bond motifs is 1. The smallest absolute Gasteiger partial charge is 0.138 e. The monoisotopic (exact) mass is 306 g/mol. The third kappa shape index (κ3) is 2.82. The van der Waals surface area contributed by atoms with Gasteiger partial charge in [-0.2, -0.15) is 0 Å². The maximum Gasteiger partial charge on any atom is 0.138 e. The van der Waals surface area contributed by atoms with Gasteiger partial charge in [0, 0.05) is 37.4 Å². The van der Waals surface area contributed by atoms with E-state index >= 15 is 0 Å². The fourth-order valence-electron chi connectivity index (χ4n) is 3.26. The average molecular weight is 306 g/mol. The molecule has 1 N–H and O–H groups in total. The van der Waals surface area contributed by atoms with E-state index in [0.29, 0.717) is 0 Å². The van der Waals surface area contributed by atoms with Crippen LogP contribution >= 0.6 is 0 Å². The van der Waals surface area contributed by atoms with Gasteiger partial charge in [0.2, 0.25) is 0 Å². The molecule has 4 nitrogen and oxygen atoms in total. The van der Waals surface area contributed by atoms with Crippen LogP contribution in [0.25, 0.3) is 22.4 Å². The Labute approximate surface area is 136 Å². The minimum atomic E-state index is 0.945. The largest absolute Gasteiger partial charge is 0.369 e. The number of para-hydroxylation sites is 2. The van der Waals surface area contributed by atoms with Gasteiger partial charge in [0.1, 0.15) is 5.82 Å². The number of imidazole rings is 1. The van der Waals surface area contributed by atoms with E-state index in [4.69, 9.17) is 4.98 Å². The van der Waals surface area contributed by atoms with Crippen molar-refractivity contribution in [3.05, 3.63) is 48.5 Å². The molecule has 0 atom stereocenters. The molecule has 0 spiro atoms. The molecule has 1 fully saturated rings. The number of nitrogens with zero attached hydrogens (tertiary/aromatic N) is 3. The number of hydrogen-bond acceptors (Lipinski definition) is 3. The molecule has 2 aromatic carbocycles. The zero-order valence-corrected chi connectivity index (χ0v) is 13.5. The summed E-state index contributed by atoms with van der Waals surface area (Å²) in [6, 6.07) is 16.9. The van der Waals surface area contributed by atoms with E-state index in [-0.39, 0.29) is 0 Å². The number of hydrogen-bond donors (Lipinski definition) is 1. The minimum Gasteiger partial charge on any atom is -0.369 e. The second-order valence-electron chi connectivity index (χ2n) is 6.07. The molecule has 4 heteroatoms. The van der Waals surface area contributed by atoms with Crippen LogP contribution in [0.5, 0.6) is 0 Å². The zero-order chi connectivity index (χ0) is 15.6. The van der Waals surface area contributed by atoms with Gasteiger partial charge in [-0.1, -0.05) is 31.2 Å². The Hall–Kier alpha value is -2.33. The van der Waals surface area contributed by atoms with Gasteiger partial charge in [0.05, 0.1) is 11.0 Å². The van der Waals surface area contributed by atoms with Crippen molar-refractivity contribution in [2.75, 3.05) is 37.6 Å². The van der Waals surface area contributed by atoms with Crippen molar-refractivity contribution in [1.82, 2.24) is 14.9 Å². The van der Waals surface area contributed by atoms with Crippen molar-refractivity contribution >= 4 is 16.7 Å². The third-order valence-electron chi connectivity index (χ3n) is 4.69. The molecule has 2 heterocycles. The quantitative estimate of drug-likeness (QED) is 0.806. The number of piperazine rings is 1. The summed E-state index contributed by atoms with van der Waals surface area (Å²) in [6.45, 7) is 7.86. The Balaban J connectivity index is 1.61. The van der Waals surface area contributed by atoms with E-state index in [9.17, 15) is 0 Å². The highest BCUT2D eigenvalue weighted by atomic mass is 15.3. The highest BCUT2D eigenvalue weighted by Crippen LogP contribution is 2.25. The Morgan fingerprint density at radius 2 is 1.83 bits per heavy atom. The first-order chi connectivity index (χ1) is 11.3. The molecule has 0 saturated carbocycles. The van der Waals surface area contributed by atoms with Crippen LogP contribution in [-0.4, -0.2) is 47.6 Å². The molecule has 0 unspecified atom stereocenters. The highest BCUT2D eigenvalue weighted by molar-refractivity contribution is 5.79. The normalized spacial score (nSPS) is 16.1. The summed E-state index contributed by atoms with van der Waals surface area (Å²) in [5.41, 5.74) is 4.55. The topological polar surface area (TPSA) is 35.2 Å². The predicted molar refractivity (Wildman–Crippen MR) is 95.9 cm³/mol. The number of rotatable bonds is 3. The van der Waals surface area contributed by atoms with E-state index < -0.39 is 0 Å². The van der Waals surface area contributed by atoms with E-state index in [0.717, 1.165) is 55.1 Å². The summed E-state index contributed by atoms with van der Waals surface area (Å²) in [5, 5.41) is 0. The predicted octanol–water partition coefficient (Wildman–Crippen LogP) is 3.37. The Kier molecular flexibility index (Phi) is 3.75. The van der Waals surface area contributed by atoms with Crippen LogP contribution in [0.1, 0.15) is 6.92 Å². The molecule has 23 heavy (non-hydrogen) atoms. The first-order valence-corrected chi connectivity index (χ1v) is 8.36. The fraction of sp³-hybridized carbons (Fsp3) is 0.316. The van der Waals surface area contributed by atoms with Crippen molar-refractivity contribution in [1.29, 1.82) is 0 Å². The number of nitrogens with one attached hydrogen (secondary N) is 1. The maximum atomic E-state index is 4.71. The van der Waals surface area contributed by atoms with Crippen LogP contribution in [-0.2, 0) is 0 Å². The lowest BCUT2D eigenvalue weighted by Crippen LogP contribution is -2.46. The summed E-state index contributed by atoms with van der Waals surface area (Å²) in [7, 11) is 0. The van der Waals surface area contributed by atoms with Crippen molar-refractivity contribution in [3.63, 3.8) is 0 Å². The summed E-state index contributed by atoms with van der Waals surface area (Å²) >= 11 is 0. The fourth-order valence-corrected chi connectivity index (χ4v) is 3.26. The number of aromatic amines is 1. The van der Waals surface area contributed by atoms with Gasteiger partial charge in [-0.05, 0) is 30.8 Å². The molecule has 0 aliphatic carbocycles. The second-order valence-corrected chi connectivity index (χ2v) is 6.07. The first kappa shape index (κ1) is 14.3. The lowest BCUT2D eigenvalue weighted by atomic mass is 10.1. The van der Waals surface area contributed by atoms with Crippen LogP contribution in [0.4, 0.5) is 5.69 Å². The summed E-state index contributed by atoms with van der Waals surface area (Å²) in [4.78, 5) is 13.1. The van der Waals surface area contributed by atoms with Crippen LogP contribution in [0.15, 0.2) is 48.5 Å². The minimum absolute atomic E-state index is 0.945. The van der Waals surface area contributed by atoms with Crippen molar-refractivity contribution in [2.24, 2.45) is 0 Å². The van der Waals surface area contributed by atoms with Gasteiger partial charge in [0.15, 0.2) is 0 Å². The highest BCUT2D eigenvalue weighted by Gasteiger charge is 2.16. The van der Waals surface area contributed by atoms with Crippen molar-refractivity contribution < 1.29 is 0 Å². The molecular weight excluding hydrogens is 284 g/mol. The molecule has 1 aliphatic rings. The number of benzene rings is 2. The molecule has 1 aromatic heterocycles. The van der Waals surface area contributed by atoms with E-state index in [1.807, 2.05) is 18.2 Å². The lowest BCUT2D eigenvalue weighted by molar-refractivity contribution is 0.271. The summed E-state index contributed by atoms with van der Waals surface area (Å²) in [6.07, 6.45) is 0. The van der Waals surface area contributed by atoms with Crippen LogP contribution in [0.2, 0.25) is 0 Å². The molecule has 1 aliphatic heterocycles. The zero-order valence-electron chi connectivity index (χ0n) is 13.5. The molecule has 1 saturated heterocycles. The molecule has 0 radical (unpaired) electrons. The van der Waals surface area contributed by atoms with Gasteiger partial charge in [-0.15, -0.1) is 0 Å². The first-order valence-electron chi connectivity index (χ1n) is 8.36. The van der Waals surface area contributed by atoms with E-state index in [1.165, 1.54) is 5.69 Å². The van der Waals surface area contributed by atoms with Gasteiger partial charge < -0.3 is 14.8 Å². The molecule has 118 valence electrons. The number of likely N-dealkylation sites (N-methyl/N-ethyl adjacent to an activating group) is 1. The average Bonchev–Trinajstić information content (AvgIpc) is 3.06.